The molecule has 1 aromatic carbocycles. The van der Waals surface area contributed by atoms with Crippen LogP contribution in [0.3, 0.4) is 0 Å². The molecule has 1 saturated heterocycles. The van der Waals surface area contributed by atoms with Gasteiger partial charge in [0.1, 0.15) is 0 Å². The summed E-state index contributed by atoms with van der Waals surface area (Å²) >= 11 is 0. The number of nitrogens with one attached hydrogen (secondary N) is 3. The van der Waals surface area contributed by atoms with Gasteiger partial charge in [-0.1, -0.05) is 26.8 Å². The van der Waals surface area contributed by atoms with E-state index >= 15 is 0 Å². The molecule has 21 heavy (non-hydrogen) atoms. The standard InChI is InChI=1S/C16H23N3O2/c1-16(2,3)15(21)19-13-6-4-5-12(8-13)18-14(20)7-11-9-17-10-11/h4-6,8,11,17H,7,9-10H2,1-3H3,(H,18,20)(H,19,21). The molecule has 0 saturated carbocycles. The van der Waals surface area contributed by atoms with Crippen LogP contribution in [0.15, 0.2) is 24.3 Å². The Bertz CT molecular complexity index is 531. The van der Waals surface area contributed by atoms with E-state index in [1.54, 1.807) is 6.07 Å². The van der Waals surface area contributed by atoms with E-state index in [1.807, 2.05) is 39.0 Å². The van der Waals surface area contributed by atoms with Crippen molar-refractivity contribution in [3.8, 4) is 0 Å². The fourth-order valence-electron chi connectivity index (χ4n) is 1.96. The van der Waals surface area contributed by atoms with Crippen molar-refractivity contribution >= 4 is 23.2 Å². The van der Waals surface area contributed by atoms with Crippen molar-refractivity contribution in [3.63, 3.8) is 0 Å². The van der Waals surface area contributed by atoms with E-state index in [0.29, 0.717) is 23.7 Å². The van der Waals surface area contributed by atoms with Gasteiger partial charge in [-0.15, -0.1) is 0 Å². The highest BCUT2D eigenvalue weighted by Gasteiger charge is 2.22. The normalized spacial score (nSPS) is 15.2. The first-order valence-corrected chi connectivity index (χ1v) is 7.27. The molecule has 0 bridgehead atoms. The second kappa shape index (κ2) is 6.26. The van der Waals surface area contributed by atoms with Crippen LogP contribution in [0.4, 0.5) is 11.4 Å². The van der Waals surface area contributed by atoms with Crippen molar-refractivity contribution in [2.24, 2.45) is 11.3 Å². The number of hydrogen-bond donors (Lipinski definition) is 3. The lowest BCUT2D eigenvalue weighted by molar-refractivity contribution is -0.123. The molecule has 1 heterocycles. The summed E-state index contributed by atoms with van der Waals surface area (Å²) in [4.78, 5) is 23.8. The van der Waals surface area contributed by atoms with Crippen LogP contribution in [0.5, 0.6) is 0 Å². The lowest BCUT2D eigenvalue weighted by atomic mass is 9.95. The fraction of sp³-hybridized carbons (Fsp3) is 0.500. The van der Waals surface area contributed by atoms with Gasteiger partial charge in [0.25, 0.3) is 0 Å². The molecule has 0 spiro atoms. The van der Waals surface area contributed by atoms with Crippen LogP contribution in [0.1, 0.15) is 27.2 Å². The Morgan fingerprint density at radius 2 is 1.81 bits per heavy atom. The molecule has 0 atom stereocenters. The topological polar surface area (TPSA) is 70.2 Å². The lowest BCUT2D eigenvalue weighted by Gasteiger charge is -2.26. The molecule has 1 aliphatic heterocycles. The number of amides is 2. The third-order valence-corrected chi connectivity index (χ3v) is 3.43. The summed E-state index contributed by atoms with van der Waals surface area (Å²) in [6, 6.07) is 7.23. The van der Waals surface area contributed by atoms with Crippen molar-refractivity contribution < 1.29 is 9.59 Å². The highest BCUT2D eigenvalue weighted by molar-refractivity contribution is 5.96. The summed E-state index contributed by atoms with van der Waals surface area (Å²) in [7, 11) is 0. The minimum absolute atomic E-state index is 0.0146. The molecule has 1 aliphatic rings. The second-order valence-corrected chi connectivity index (χ2v) is 6.56. The van der Waals surface area contributed by atoms with E-state index in [2.05, 4.69) is 16.0 Å². The third-order valence-electron chi connectivity index (χ3n) is 3.43. The van der Waals surface area contributed by atoms with Crippen molar-refractivity contribution in [1.29, 1.82) is 0 Å². The van der Waals surface area contributed by atoms with Crippen LogP contribution in [0.2, 0.25) is 0 Å². The summed E-state index contributed by atoms with van der Waals surface area (Å²) in [5.41, 5.74) is 0.952. The van der Waals surface area contributed by atoms with Gasteiger partial charge in [0.2, 0.25) is 11.8 Å². The van der Waals surface area contributed by atoms with Gasteiger partial charge in [-0.3, -0.25) is 9.59 Å². The Labute approximate surface area is 125 Å². The summed E-state index contributed by atoms with van der Waals surface area (Å²) < 4.78 is 0. The molecule has 1 fully saturated rings. The maximum atomic E-state index is 12.0. The Balaban J connectivity index is 1.93. The predicted octanol–water partition coefficient (Wildman–Crippen LogP) is 2.22. The molecule has 1 aromatic rings. The molecule has 0 unspecified atom stereocenters. The molecule has 2 amide bonds. The van der Waals surface area contributed by atoms with Crippen molar-refractivity contribution in [3.05, 3.63) is 24.3 Å². The Morgan fingerprint density at radius 3 is 2.33 bits per heavy atom. The number of rotatable bonds is 4. The van der Waals surface area contributed by atoms with E-state index in [4.69, 9.17) is 0 Å². The van der Waals surface area contributed by atoms with Crippen molar-refractivity contribution in [1.82, 2.24) is 5.32 Å². The van der Waals surface area contributed by atoms with Gasteiger partial charge < -0.3 is 16.0 Å². The number of benzene rings is 1. The average molecular weight is 289 g/mol. The monoisotopic (exact) mass is 289 g/mol. The summed E-state index contributed by atoms with van der Waals surface area (Å²) in [5, 5.41) is 8.88. The number of hydrogen-bond acceptors (Lipinski definition) is 3. The van der Waals surface area contributed by atoms with E-state index in [0.717, 1.165) is 13.1 Å². The molecular weight excluding hydrogens is 266 g/mol. The van der Waals surface area contributed by atoms with Crippen molar-refractivity contribution in [2.75, 3.05) is 23.7 Å². The summed E-state index contributed by atoms with van der Waals surface area (Å²) in [6.07, 6.45) is 0.533. The van der Waals surface area contributed by atoms with Gasteiger partial charge in [-0.2, -0.15) is 0 Å². The Morgan fingerprint density at radius 1 is 1.19 bits per heavy atom. The number of anilines is 2. The quantitative estimate of drug-likeness (QED) is 0.796. The maximum Gasteiger partial charge on any atom is 0.229 e. The zero-order valence-corrected chi connectivity index (χ0v) is 12.8. The highest BCUT2D eigenvalue weighted by Crippen LogP contribution is 2.20. The molecule has 3 N–H and O–H groups in total. The van der Waals surface area contributed by atoms with Crippen LogP contribution in [0.25, 0.3) is 0 Å². The van der Waals surface area contributed by atoms with Gasteiger partial charge in [0.15, 0.2) is 0 Å². The SMILES string of the molecule is CC(C)(C)C(=O)Nc1cccc(NC(=O)CC2CNC2)c1. The largest absolute Gasteiger partial charge is 0.326 e. The minimum atomic E-state index is -0.448. The van der Waals surface area contributed by atoms with E-state index in [9.17, 15) is 9.59 Å². The average Bonchev–Trinajstić information content (AvgIpc) is 2.33. The number of carbonyl (C=O) groups is 2. The van der Waals surface area contributed by atoms with Gasteiger partial charge in [-0.05, 0) is 37.2 Å². The minimum Gasteiger partial charge on any atom is -0.326 e. The molecule has 2 rings (SSSR count). The first-order chi connectivity index (χ1) is 9.84. The molecular formula is C16H23N3O2. The van der Waals surface area contributed by atoms with Gasteiger partial charge >= 0.3 is 0 Å². The molecule has 0 radical (unpaired) electrons. The van der Waals surface area contributed by atoms with Crippen LogP contribution in [-0.4, -0.2) is 24.9 Å². The van der Waals surface area contributed by atoms with Crippen LogP contribution < -0.4 is 16.0 Å². The Kier molecular flexibility index (Phi) is 4.63. The molecule has 5 nitrogen and oxygen atoms in total. The Hall–Kier alpha value is -1.88. The zero-order valence-electron chi connectivity index (χ0n) is 12.8. The molecule has 114 valence electrons. The lowest BCUT2D eigenvalue weighted by Crippen LogP contribution is -2.43. The smallest absolute Gasteiger partial charge is 0.229 e. The summed E-state index contributed by atoms with van der Waals surface area (Å²) in [6.45, 7) is 7.41. The second-order valence-electron chi connectivity index (χ2n) is 6.56. The van der Waals surface area contributed by atoms with E-state index in [-0.39, 0.29) is 11.8 Å². The first-order valence-electron chi connectivity index (χ1n) is 7.27. The van der Waals surface area contributed by atoms with Gasteiger partial charge in [0, 0.05) is 23.2 Å². The number of carbonyl (C=O) groups excluding carboxylic acids is 2. The third kappa shape index (κ3) is 4.56. The molecule has 0 aliphatic carbocycles. The predicted molar refractivity (Wildman–Crippen MR) is 84.1 cm³/mol. The fourth-order valence-corrected chi connectivity index (χ4v) is 1.96. The van der Waals surface area contributed by atoms with Crippen LogP contribution >= 0.6 is 0 Å². The first kappa shape index (κ1) is 15.5. The summed E-state index contributed by atoms with van der Waals surface area (Å²) in [5.74, 6) is 0.404. The van der Waals surface area contributed by atoms with Crippen LogP contribution in [-0.2, 0) is 9.59 Å². The van der Waals surface area contributed by atoms with Gasteiger partial charge in [-0.25, -0.2) is 0 Å². The highest BCUT2D eigenvalue weighted by atomic mass is 16.2. The maximum absolute atomic E-state index is 12.0. The molecule has 0 aromatic heterocycles. The van der Waals surface area contributed by atoms with Gasteiger partial charge in [0.05, 0.1) is 0 Å². The van der Waals surface area contributed by atoms with Crippen LogP contribution in [0, 0.1) is 11.3 Å². The van der Waals surface area contributed by atoms with E-state index < -0.39 is 5.41 Å². The molecule has 5 heteroatoms. The van der Waals surface area contributed by atoms with Crippen molar-refractivity contribution in [2.45, 2.75) is 27.2 Å². The van der Waals surface area contributed by atoms with E-state index in [1.165, 1.54) is 0 Å². The zero-order chi connectivity index (χ0) is 15.5.